The number of aliphatic carboxylic acids is 1. The molecule has 0 saturated carbocycles. The standard InChI is InChI=1S/C18H21NO7/c1-10-11-7-14(24-2)15(25-3)9-13(11)26-18(23)12(10)8-16(20)19-6-4-5-17(21)22/h7,9H,4-6,8H2,1-3H3,(H,19,20)(H,21,22). The Kier molecular flexibility index (Phi) is 6.21. The number of hydrogen-bond acceptors (Lipinski definition) is 6. The quantitative estimate of drug-likeness (QED) is 0.541. The number of fused-ring (bicyclic) bond motifs is 1. The first-order valence-electron chi connectivity index (χ1n) is 8.04. The summed E-state index contributed by atoms with van der Waals surface area (Å²) in [6.45, 7) is 1.96. The SMILES string of the molecule is COc1cc2oc(=O)c(CC(=O)NCCCC(=O)O)c(C)c2cc1OC. The van der Waals surface area contributed by atoms with E-state index in [1.807, 2.05) is 0 Å². The van der Waals surface area contributed by atoms with E-state index in [2.05, 4.69) is 5.32 Å². The van der Waals surface area contributed by atoms with Crippen molar-refractivity contribution in [2.45, 2.75) is 26.2 Å². The van der Waals surface area contributed by atoms with Crippen molar-refractivity contribution in [1.82, 2.24) is 5.32 Å². The fourth-order valence-corrected chi connectivity index (χ4v) is 2.61. The van der Waals surface area contributed by atoms with E-state index in [1.54, 1.807) is 19.1 Å². The van der Waals surface area contributed by atoms with Gasteiger partial charge in [-0.3, -0.25) is 9.59 Å². The summed E-state index contributed by atoms with van der Waals surface area (Å²) in [6.07, 6.45) is 0.147. The van der Waals surface area contributed by atoms with Crippen LogP contribution in [0.25, 0.3) is 11.0 Å². The highest BCUT2D eigenvalue weighted by atomic mass is 16.5. The number of amides is 1. The third-order valence-corrected chi connectivity index (χ3v) is 4.02. The van der Waals surface area contributed by atoms with Crippen molar-refractivity contribution in [3.8, 4) is 11.5 Å². The van der Waals surface area contributed by atoms with Crippen LogP contribution in [0.4, 0.5) is 0 Å². The van der Waals surface area contributed by atoms with Crippen LogP contribution in [0.15, 0.2) is 21.3 Å². The number of carboxylic acids is 1. The fourth-order valence-electron chi connectivity index (χ4n) is 2.61. The van der Waals surface area contributed by atoms with E-state index in [0.717, 1.165) is 0 Å². The van der Waals surface area contributed by atoms with Crippen molar-refractivity contribution in [3.05, 3.63) is 33.7 Å². The summed E-state index contributed by atoms with van der Waals surface area (Å²) in [5, 5.41) is 11.8. The summed E-state index contributed by atoms with van der Waals surface area (Å²) < 4.78 is 15.8. The lowest BCUT2D eigenvalue weighted by molar-refractivity contribution is -0.137. The molecule has 0 aliphatic carbocycles. The molecule has 0 aliphatic rings. The Morgan fingerprint density at radius 1 is 1.19 bits per heavy atom. The van der Waals surface area contributed by atoms with Crippen LogP contribution in [0.3, 0.4) is 0 Å². The zero-order valence-electron chi connectivity index (χ0n) is 14.9. The first-order valence-corrected chi connectivity index (χ1v) is 8.04. The number of benzene rings is 1. The molecule has 0 bridgehead atoms. The molecule has 0 fully saturated rings. The van der Waals surface area contributed by atoms with Crippen molar-refractivity contribution in [2.24, 2.45) is 0 Å². The van der Waals surface area contributed by atoms with Crippen LogP contribution in [0.2, 0.25) is 0 Å². The van der Waals surface area contributed by atoms with Crippen molar-refractivity contribution < 1.29 is 28.6 Å². The highest BCUT2D eigenvalue weighted by Gasteiger charge is 2.17. The first-order chi connectivity index (χ1) is 12.4. The van der Waals surface area contributed by atoms with Gasteiger partial charge in [-0.25, -0.2) is 4.79 Å². The van der Waals surface area contributed by atoms with Gasteiger partial charge < -0.3 is 24.3 Å². The zero-order valence-corrected chi connectivity index (χ0v) is 14.9. The number of carbonyl (C=O) groups excluding carboxylic acids is 1. The van der Waals surface area contributed by atoms with Gasteiger partial charge in [0.25, 0.3) is 0 Å². The molecule has 0 atom stereocenters. The van der Waals surface area contributed by atoms with Crippen LogP contribution in [0.1, 0.15) is 24.0 Å². The molecule has 140 valence electrons. The maximum atomic E-state index is 12.3. The Labute approximate surface area is 149 Å². The summed E-state index contributed by atoms with van der Waals surface area (Å²) in [6, 6.07) is 3.26. The highest BCUT2D eigenvalue weighted by molar-refractivity contribution is 5.87. The lowest BCUT2D eigenvalue weighted by Gasteiger charge is -2.12. The maximum absolute atomic E-state index is 12.3. The summed E-state index contributed by atoms with van der Waals surface area (Å²) in [5.74, 6) is -0.368. The van der Waals surface area contributed by atoms with Gasteiger partial charge in [0.1, 0.15) is 5.58 Å². The highest BCUT2D eigenvalue weighted by Crippen LogP contribution is 2.33. The number of carboxylic acid groups (broad SMARTS) is 1. The first kappa shape index (κ1) is 19.3. The molecule has 1 aromatic carbocycles. The van der Waals surface area contributed by atoms with Crippen LogP contribution in [0, 0.1) is 6.92 Å². The smallest absolute Gasteiger partial charge is 0.340 e. The van der Waals surface area contributed by atoms with Gasteiger partial charge in [0.05, 0.1) is 26.2 Å². The topological polar surface area (TPSA) is 115 Å². The van der Waals surface area contributed by atoms with Crippen LogP contribution in [-0.2, 0) is 16.0 Å². The van der Waals surface area contributed by atoms with E-state index in [1.165, 1.54) is 14.2 Å². The van der Waals surface area contributed by atoms with Gasteiger partial charge in [0.2, 0.25) is 5.91 Å². The second-order valence-corrected chi connectivity index (χ2v) is 5.72. The number of rotatable bonds is 8. The second kappa shape index (κ2) is 8.37. The van der Waals surface area contributed by atoms with Crippen LogP contribution < -0.4 is 20.4 Å². The van der Waals surface area contributed by atoms with Gasteiger partial charge in [0.15, 0.2) is 11.5 Å². The molecule has 0 unspecified atom stereocenters. The molecule has 26 heavy (non-hydrogen) atoms. The Morgan fingerprint density at radius 2 is 1.85 bits per heavy atom. The minimum Gasteiger partial charge on any atom is -0.493 e. The fraction of sp³-hybridized carbons (Fsp3) is 0.389. The van der Waals surface area contributed by atoms with E-state index < -0.39 is 11.6 Å². The van der Waals surface area contributed by atoms with E-state index in [9.17, 15) is 14.4 Å². The molecule has 1 aromatic heterocycles. The Balaban J connectivity index is 2.26. The predicted molar refractivity (Wildman–Crippen MR) is 93.9 cm³/mol. The molecule has 0 saturated heterocycles. The van der Waals surface area contributed by atoms with Gasteiger partial charge in [-0.1, -0.05) is 0 Å². The third kappa shape index (κ3) is 4.33. The van der Waals surface area contributed by atoms with Gasteiger partial charge in [0, 0.05) is 24.4 Å². The number of ether oxygens (including phenoxy) is 2. The molecular weight excluding hydrogens is 342 g/mol. The average Bonchev–Trinajstić information content (AvgIpc) is 2.61. The summed E-state index contributed by atoms with van der Waals surface area (Å²) >= 11 is 0. The number of carbonyl (C=O) groups is 2. The largest absolute Gasteiger partial charge is 0.493 e. The van der Waals surface area contributed by atoms with E-state index in [4.69, 9.17) is 19.0 Å². The molecule has 0 aliphatic heterocycles. The molecule has 1 amide bonds. The van der Waals surface area contributed by atoms with Gasteiger partial charge >= 0.3 is 11.6 Å². The lowest BCUT2D eigenvalue weighted by atomic mass is 10.0. The van der Waals surface area contributed by atoms with Crippen LogP contribution in [-0.4, -0.2) is 37.7 Å². The molecular formula is C18H21NO7. The summed E-state index contributed by atoms with van der Waals surface area (Å²) in [5.41, 5.74) is 0.622. The van der Waals surface area contributed by atoms with Gasteiger partial charge in [-0.15, -0.1) is 0 Å². The normalized spacial score (nSPS) is 10.6. The Hall–Kier alpha value is -3.03. The molecule has 1 heterocycles. The summed E-state index contributed by atoms with van der Waals surface area (Å²) in [7, 11) is 2.99. The third-order valence-electron chi connectivity index (χ3n) is 4.02. The average molecular weight is 363 g/mol. The Bertz CT molecular complexity index is 885. The second-order valence-electron chi connectivity index (χ2n) is 5.72. The maximum Gasteiger partial charge on any atom is 0.340 e. The number of methoxy groups -OCH3 is 2. The molecule has 2 rings (SSSR count). The molecule has 8 nitrogen and oxygen atoms in total. The summed E-state index contributed by atoms with van der Waals surface area (Å²) in [4.78, 5) is 34.8. The molecule has 0 radical (unpaired) electrons. The Morgan fingerprint density at radius 3 is 2.46 bits per heavy atom. The minimum absolute atomic E-state index is 0.0287. The van der Waals surface area contributed by atoms with Crippen LogP contribution >= 0.6 is 0 Å². The number of nitrogens with one attached hydrogen (secondary N) is 1. The monoisotopic (exact) mass is 363 g/mol. The van der Waals surface area contributed by atoms with E-state index >= 15 is 0 Å². The lowest BCUT2D eigenvalue weighted by Crippen LogP contribution is -2.28. The van der Waals surface area contributed by atoms with E-state index in [-0.39, 0.29) is 30.9 Å². The number of hydrogen-bond donors (Lipinski definition) is 2. The van der Waals surface area contributed by atoms with E-state index in [0.29, 0.717) is 34.5 Å². The molecule has 2 aromatic rings. The van der Waals surface area contributed by atoms with Crippen molar-refractivity contribution >= 4 is 22.8 Å². The van der Waals surface area contributed by atoms with Crippen molar-refractivity contribution in [3.63, 3.8) is 0 Å². The molecule has 8 heteroatoms. The minimum atomic E-state index is -0.922. The van der Waals surface area contributed by atoms with Crippen LogP contribution in [0.5, 0.6) is 11.5 Å². The van der Waals surface area contributed by atoms with Gasteiger partial charge in [-0.2, -0.15) is 0 Å². The zero-order chi connectivity index (χ0) is 19.3. The predicted octanol–water partition coefficient (Wildman–Crippen LogP) is 1.64. The van der Waals surface area contributed by atoms with Gasteiger partial charge in [-0.05, 0) is 25.0 Å². The molecule has 0 spiro atoms. The number of aryl methyl sites for hydroxylation is 1. The molecule has 2 N–H and O–H groups in total. The van der Waals surface area contributed by atoms with Crippen molar-refractivity contribution in [2.75, 3.05) is 20.8 Å². The van der Waals surface area contributed by atoms with Crippen molar-refractivity contribution in [1.29, 1.82) is 0 Å².